The molecule has 0 N–H and O–H groups in total. The highest BCUT2D eigenvalue weighted by molar-refractivity contribution is 5.93. The van der Waals surface area contributed by atoms with Gasteiger partial charge in [0.2, 0.25) is 0 Å². The Kier molecular flexibility index (Phi) is 6.83. The van der Waals surface area contributed by atoms with Crippen molar-refractivity contribution < 1.29 is 28.3 Å². The van der Waals surface area contributed by atoms with Crippen LogP contribution < -0.4 is 9.80 Å². The first-order valence-corrected chi connectivity index (χ1v) is 10.8. The number of hydrogen-bond donors (Lipinski definition) is 0. The van der Waals surface area contributed by atoms with Gasteiger partial charge in [-0.25, -0.2) is 14.2 Å². The number of amides is 2. The summed E-state index contributed by atoms with van der Waals surface area (Å²) < 4.78 is 20.3. The van der Waals surface area contributed by atoms with Crippen molar-refractivity contribution in [2.75, 3.05) is 42.6 Å². The van der Waals surface area contributed by atoms with Crippen molar-refractivity contribution in [3.8, 4) is 0 Å². The quantitative estimate of drug-likeness (QED) is 0.660. The van der Waals surface area contributed by atoms with Crippen LogP contribution in [0.25, 0.3) is 0 Å². The number of ketones is 1. The van der Waals surface area contributed by atoms with Crippen LogP contribution in [0.15, 0.2) is 42.7 Å². The highest BCUT2D eigenvalue weighted by Crippen LogP contribution is 2.29. The number of pyridine rings is 1. The summed E-state index contributed by atoms with van der Waals surface area (Å²) in [6, 6.07) is 7.80. The summed E-state index contributed by atoms with van der Waals surface area (Å²) in [5.41, 5.74) is 1.22. The van der Waals surface area contributed by atoms with Crippen molar-refractivity contribution in [1.29, 1.82) is 0 Å². The molecule has 9 nitrogen and oxygen atoms in total. The van der Waals surface area contributed by atoms with E-state index in [-0.39, 0.29) is 31.4 Å². The Morgan fingerprint density at radius 1 is 1.15 bits per heavy atom. The Hall–Kier alpha value is -3.53. The molecule has 1 aromatic carbocycles. The maximum absolute atomic E-state index is 15.0. The second kappa shape index (κ2) is 9.95. The van der Waals surface area contributed by atoms with E-state index < -0.39 is 18.0 Å². The van der Waals surface area contributed by atoms with Crippen molar-refractivity contribution >= 4 is 29.2 Å². The third kappa shape index (κ3) is 5.28. The molecule has 2 aromatic rings. The molecule has 0 aliphatic carbocycles. The van der Waals surface area contributed by atoms with Gasteiger partial charge >= 0.3 is 6.09 Å². The lowest BCUT2D eigenvalue weighted by molar-refractivity contribution is -0.117. The molecule has 0 spiro atoms. The molecule has 0 saturated carbocycles. The molecule has 2 saturated heterocycles. The molecule has 33 heavy (non-hydrogen) atoms. The lowest BCUT2D eigenvalue weighted by Gasteiger charge is -2.24. The Bertz CT molecular complexity index is 1030. The first-order valence-electron chi connectivity index (χ1n) is 10.8. The van der Waals surface area contributed by atoms with Crippen LogP contribution >= 0.6 is 0 Å². The normalized spacial score (nSPS) is 18.8. The molecule has 2 fully saturated rings. The number of hydroxylamine groups is 2. The average molecular weight is 456 g/mol. The van der Waals surface area contributed by atoms with Crippen molar-refractivity contribution in [2.45, 2.75) is 25.9 Å². The SMILES string of the molecule is CC(=O)CC[C@H]1CN(c2ccc(N3CCON(C(=O)c4ccncc4)CC3)c(F)c2)C(=O)O1. The van der Waals surface area contributed by atoms with Gasteiger partial charge in [0, 0.05) is 37.5 Å². The van der Waals surface area contributed by atoms with Crippen molar-refractivity contribution in [3.63, 3.8) is 0 Å². The van der Waals surface area contributed by atoms with Crippen molar-refractivity contribution in [1.82, 2.24) is 10.0 Å². The fraction of sp³-hybridized carbons (Fsp3) is 0.391. The van der Waals surface area contributed by atoms with Crippen LogP contribution in [0.5, 0.6) is 0 Å². The number of rotatable bonds is 6. The van der Waals surface area contributed by atoms with E-state index >= 15 is 4.39 Å². The Labute approximate surface area is 190 Å². The van der Waals surface area contributed by atoms with Gasteiger partial charge in [-0.3, -0.25) is 19.5 Å². The monoisotopic (exact) mass is 456 g/mol. The standard InChI is InChI=1S/C23H25FN4O5/c1-16(29)2-4-19-15-27(23(31)33-19)18-3-5-21(20(24)14-18)26-10-11-28(32-13-12-26)22(30)17-6-8-25-9-7-17/h3,5-9,14,19H,2,4,10-13,15H2,1H3/t19-/m0/s1. The van der Waals surface area contributed by atoms with E-state index in [0.717, 1.165) is 0 Å². The number of benzene rings is 1. The van der Waals surface area contributed by atoms with E-state index in [1.54, 1.807) is 29.2 Å². The second-order valence-corrected chi connectivity index (χ2v) is 7.96. The van der Waals surface area contributed by atoms with Gasteiger partial charge < -0.3 is 14.4 Å². The smallest absolute Gasteiger partial charge is 0.414 e. The molecule has 0 unspecified atom stereocenters. The largest absolute Gasteiger partial charge is 0.444 e. The predicted molar refractivity (Wildman–Crippen MR) is 117 cm³/mol. The molecule has 4 rings (SSSR count). The van der Waals surface area contributed by atoms with Crippen molar-refractivity contribution in [2.24, 2.45) is 0 Å². The van der Waals surface area contributed by atoms with Crippen LogP contribution in [0.3, 0.4) is 0 Å². The summed E-state index contributed by atoms with van der Waals surface area (Å²) in [5.74, 6) is -0.731. The predicted octanol–water partition coefficient (Wildman–Crippen LogP) is 2.81. The van der Waals surface area contributed by atoms with Gasteiger partial charge in [0.15, 0.2) is 0 Å². The molecular weight excluding hydrogens is 431 g/mol. The van der Waals surface area contributed by atoms with Crippen LogP contribution in [0.2, 0.25) is 0 Å². The zero-order valence-electron chi connectivity index (χ0n) is 18.3. The van der Waals surface area contributed by atoms with Crippen LogP contribution in [-0.2, 0) is 14.4 Å². The molecule has 3 heterocycles. The van der Waals surface area contributed by atoms with E-state index in [0.29, 0.717) is 42.9 Å². The van der Waals surface area contributed by atoms with E-state index in [1.807, 2.05) is 0 Å². The molecule has 1 atom stereocenters. The number of cyclic esters (lactones) is 1. The minimum Gasteiger partial charge on any atom is -0.444 e. The van der Waals surface area contributed by atoms with E-state index in [2.05, 4.69) is 4.98 Å². The minimum atomic E-state index is -0.552. The maximum atomic E-state index is 15.0. The van der Waals surface area contributed by atoms with Crippen LogP contribution in [0.1, 0.15) is 30.1 Å². The minimum absolute atomic E-state index is 0.0300. The van der Waals surface area contributed by atoms with Crippen LogP contribution in [0.4, 0.5) is 20.6 Å². The lowest BCUT2D eigenvalue weighted by atomic mass is 10.1. The summed E-state index contributed by atoms with van der Waals surface area (Å²) in [7, 11) is 0. The molecule has 2 aliphatic rings. The fourth-order valence-electron chi connectivity index (χ4n) is 3.86. The summed E-state index contributed by atoms with van der Waals surface area (Å²) in [5, 5.41) is 1.28. The molecule has 2 aliphatic heterocycles. The number of anilines is 2. The summed E-state index contributed by atoms with van der Waals surface area (Å²) in [6.45, 7) is 3.02. The van der Waals surface area contributed by atoms with Gasteiger partial charge in [-0.1, -0.05) is 0 Å². The van der Waals surface area contributed by atoms with Crippen LogP contribution in [-0.4, -0.2) is 66.7 Å². The Balaban J connectivity index is 1.40. The van der Waals surface area contributed by atoms with E-state index in [4.69, 9.17) is 9.57 Å². The van der Waals surface area contributed by atoms with Gasteiger partial charge in [0.25, 0.3) is 5.91 Å². The Morgan fingerprint density at radius 2 is 1.94 bits per heavy atom. The molecule has 0 radical (unpaired) electrons. The van der Waals surface area contributed by atoms with Gasteiger partial charge in [0.1, 0.15) is 17.7 Å². The summed E-state index contributed by atoms with van der Waals surface area (Å²) in [4.78, 5) is 48.7. The van der Waals surface area contributed by atoms with Gasteiger partial charge in [0.05, 0.1) is 31.1 Å². The number of ether oxygens (including phenoxy) is 1. The number of halogens is 1. The molecular formula is C23H25FN4O5. The highest BCUT2D eigenvalue weighted by Gasteiger charge is 2.33. The van der Waals surface area contributed by atoms with Gasteiger partial charge in [-0.05, 0) is 43.7 Å². The highest BCUT2D eigenvalue weighted by atomic mass is 19.1. The average Bonchev–Trinajstić information content (AvgIpc) is 3.02. The number of nitrogens with zero attached hydrogens (tertiary/aromatic N) is 4. The number of Topliss-reactive ketones (excluding diaryl/α,β-unsaturated/α-hetero) is 1. The van der Waals surface area contributed by atoms with E-state index in [9.17, 15) is 14.4 Å². The molecule has 0 bridgehead atoms. The van der Waals surface area contributed by atoms with Gasteiger partial charge in [-0.2, -0.15) is 0 Å². The zero-order valence-corrected chi connectivity index (χ0v) is 18.3. The Morgan fingerprint density at radius 3 is 2.67 bits per heavy atom. The number of carbonyl (C=O) groups is 3. The maximum Gasteiger partial charge on any atom is 0.414 e. The fourth-order valence-corrected chi connectivity index (χ4v) is 3.86. The zero-order chi connectivity index (χ0) is 23.4. The summed E-state index contributed by atoms with van der Waals surface area (Å²) >= 11 is 0. The molecule has 1 aromatic heterocycles. The number of hydrogen-bond acceptors (Lipinski definition) is 7. The lowest BCUT2D eigenvalue weighted by Crippen LogP contribution is -2.34. The number of carbonyl (C=O) groups excluding carboxylic acids is 3. The third-order valence-electron chi connectivity index (χ3n) is 5.61. The van der Waals surface area contributed by atoms with Gasteiger partial charge in [-0.15, -0.1) is 0 Å². The third-order valence-corrected chi connectivity index (χ3v) is 5.61. The van der Waals surface area contributed by atoms with Crippen molar-refractivity contribution in [3.05, 3.63) is 54.1 Å². The molecule has 10 heteroatoms. The molecule has 174 valence electrons. The summed E-state index contributed by atoms with van der Waals surface area (Å²) in [6.07, 6.45) is 2.91. The number of aromatic nitrogens is 1. The van der Waals surface area contributed by atoms with Crippen LogP contribution in [0, 0.1) is 5.82 Å². The molecule has 2 amide bonds. The van der Waals surface area contributed by atoms with E-state index in [1.165, 1.54) is 35.3 Å². The first kappa shape index (κ1) is 22.7. The second-order valence-electron chi connectivity index (χ2n) is 7.96. The topological polar surface area (TPSA) is 92.3 Å². The first-order chi connectivity index (χ1) is 15.9.